The molecule has 7 heteroatoms. The van der Waals surface area contributed by atoms with Crippen molar-refractivity contribution in [1.29, 1.82) is 0 Å². The van der Waals surface area contributed by atoms with E-state index in [0.717, 1.165) is 12.2 Å². The quantitative estimate of drug-likeness (QED) is 0.800. The molecule has 0 fully saturated rings. The van der Waals surface area contributed by atoms with Crippen LogP contribution in [0.15, 0.2) is 22.9 Å². The van der Waals surface area contributed by atoms with Crippen LogP contribution in [0.3, 0.4) is 0 Å². The zero-order valence-corrected chi connectivity index (χ0v) is 13.6. The number of amides is 1. The number of fused-ring (bicyclic) bond motifs is 1. The summed E-state index contributed by atoms with van der Waals surface area (Å²) in [5.74, 6) is -0.178. The van der Waals surface area contributed by atoms with E-state index in [1.54, 1.807) is 19.2 Å². The number of hydrogen-bond donors (Lipinski definition) is 1. The number of nitrogens with one attached hydrogen (secondary N) is 1. The highest BCUT2D eigenvalue weighted by atomic mass is 16.5. The van der Waals surface area contributed by atoms with E-state index in [1.807, 2.05) is 31.5 Å². The lowest BCUT2D eigenvalue weighted by Gasteiger charge is -2.15. The van der Waals surface area contributed by atoms with Crippen LogP contribution in [0.25, 0.3) is 11.1 Å². The molecule has 1 unspecified atom stereocenters. The van der Waals surface area contributed by atoms with Gasteiger partial charge in [-0.15, -0.1) is 0 Å². The van der Waals surface area contributed by atoms with Gasteiger partial charge in [0, 0.05) is 18.4 Å². The van der Waals surface area contributed by atoms with E-state index in [9.17, 15) is 4.79 Å². The molecule has 0 saturated heterocycles. The van der Waals surface area contributed by atoms with Gasteiger partial charge in [-0.25, -0.2) is 4.98 Å². The summed E-state index contributed by atoms with van der Waals surface area (Å²) >= 11 is 0. The molecule has 0 radical (unpaired) electrons. The molecule has 0 aromatic carbocycles. The predicted molar refractivity (Wildman–Crippen MR) is 85.1 cm³/mol. The van der Waals surface area contributed by atoms with Gasteiger partial charge in [0.15, 0.2) is 0 Å². The largest absolute Gasteiger partial charge is 0.344 e. The fourth-order valence-corrected chi connectivity index (χ4v) is 2.72. The Morgan fingerprint density at radius 2 is 2.22 bits per heavy atom. The molecule has 3 rings (SSSR count). The molecule has 7 nitrogen and oxygen atoms in total. The van der Waals surface area contributed by atoms with Crippen molar-refractivity contribution in [3.8, 4) is 0 Å². The van der Waals surface area contributed by atoms with Crippen LogP contribution in [0.5, 0.6) is 0 Å². The molecule has 23 heavy (non-hydrogen) atoms. The smallest absolute Gasteiger partial charge is 0.258 e. The molecule has 0 aliphatic carbocycles. The van der Waals surface area contributed by atoms with Gasteiger partial charge < -0.3 is 9.84 Å². The highest BCUT2D eigenvalue weighted by Gasteiger charge is 2.20. The number of aryl methyl sites for hydroxylation is 3. The van der Waals surface area contributed by atoms with Crippen molar-refractivity contribution >= 4 is 17.0 Å². The zero-order valence-electron chi connectivity index (χ0n) is 13.6. The molecular formula is C16H19N5O2. The third-order valence-corrected chi connectivity index (χ3v) is 3.83. The minimum absolute atomic E-state index is 0.159. The summed E-state index contributed by atoms with van der Waals surface area (Å²) in [6.45, 7) is 8.33. The van der Waals surface area contributed by atoms with Crippen LogP contribution in [0.4, 0.5) is 0 Å². The van der Waals surface area contributed by atoms with E-state index in [4.69, 9.17) is 4.52 Å². The van der Waals surface area contributed by atoms with Crippen LogP contribution in [0, 0.1) is 13.8 Å². The first-order chi connectivity index (χ1) is 11.0. The molecule has 1 atom stereocenters. The van der Waals surface area contributed by atoms with E-state index in [0.29, 0.717) is 28.1 Å². The molecule has 3 heterocycles. The minimum Gasteiger partial charge on any atom is -0.344 e. The number of hydrogen-bond acceptors (Lipinski definition) is 5. The Labute approximate surface area is 133 Å². The second kappa shape index (κ2) is 5.83. The lowest BCUT2D eigenvalue weighted by atomic mass is 10.1. The molecule has 3 aromatic rings. The third-order valence-electron chi connectivity index (χ3n) is 3.83. The van der Waals surface area contributed by atoms with Crippen molar-refractivity contribution in [3.05, 3.63) is 41.0 Å². The van der Waals surface area contributed by atoms with Crippen molar-refractivity contribution < 1.29 is 9.32 Å². The van der Waals surface area contributed by atoms with Crippen molar-refractivity contribution in [2.24, 2.45) is 0 Å². The molecule has 0 aliphatic heterocycles. The molecule has 0 spiro atoms. The fourth-order valence-electron chi connectivity index (χ4n) is 2.72. The number of aromatic nitrogens is 4. The monoisotopic (exact) mass is 313 g/mol. The predicted octanol–water partition coefficient (Wildman–Crippen LogP) is 2.55. The van der Waals surface area contributed by atoms with E-state index < -0.39 is 0 Å². The summed E-state index contributed by atoms with van der Waals surface area (Å²) in [5, 5.41) is 11.8. The van der Waals surface area contributed by atoms with Crippen LogP contribution in [-0.2, 0) is 6.54 Å². The highest BCUT2D eigenvalue weighted by molar-refractivity contribution is 6.06. The van der Waals surface area contributed by atoms with E-state index in [1.165, 1.54) is 0 Å². The first-order valence-electron chi connectivity index (χ1n) is 7.57. The number of pyridine rings is 1. The summed E-state index contributed by atoms with van der Waals surface area (Å²) in [7, 11) is 0. The lowest BCUT2D eigenvalue weighted by molar-refractivity contribution is 0.0939. The summed E-state index contributed by atoms with van der Waals surface area (Å²) in [4.78, 5) is 17.0. The number of nitrogens with zero attached hydrogens (tertiary/aromatic N) is 4. The van der Waals surface area contributed by atoms with Crippen LogP contribution < -0.4 is 5.32 Å². The van der Waals surface area contributed by atoms with Crippen LogP contribution in [0.2, 0.25) is 0 Å². The van der Waals surface area contributed by atoms with E-state index in [-0.39, 0.29) is 11.9 Å². The molecule has 3 aromatic heterocycles. The van der Waals surface area contributed by atoms with Gasteiger partial charge in [0.25, 0.3) is 11.6 Å². The van der Waals surface area contributed by atoms with Gasteiger partial charge in [-0.2, -0.15) is 5.10 Å². The number of carbonyl (C=O) groups is 1. The first-order valence-corrected chi connectivity index (χ1v) is 7.57. The van der Waals surface area contributed by atoms with Crippen LogP contribution in [-0.4, -0.2) is 25.8 Å². The van der Waals surface area contributed by atoms with Gasteiger partial charge >= 0.3 is 0 Å². The summed E-state index contributed by atoms with van der Waals surface area (Å²) < 4.78 is 7.04. The van der Waals surface area contributed by atoms with Gasteiger partial charge in [-0.05, 0) is 39.8 Å². The maximum atomic E-state index is 12.7. The Morgan fingerprint density at radius 3 is 2.96 bits per heavy atom. The Bertz CT molecular complexity index is 865. The molecule has 120 valence electrons. The standard InChI is InChI=1S/C16H19N5O2/c1-5-21-13(6-7-17-21)10(3)19-15(22)12-8-9(2)18-16-14(12)11(4)20-23-16/h6-8,10H,5H2,1-4H3,(H,19,22). The van der Waals surface area contributed by atoms with Gasteiger partial charge in [-0.3, -0.25) is 9.48 Å². The third kappa shape index (κ3) is 2.69. The number of rotatable bonds is 4. The van der Waals surface area contributed by atoms with Crippen molar-refractivity contribution in [2.45, 2.75) is 40.3 Å². The van der Waals surface area contributed by atoms with Gasteiger partial charge in [0.05, 0.1) is 28.4 Å². The average Bonchev–Trinajstić information content (AvgIpc) is 3.13. The SMILES string of the molecule is CCn1nccc1C(C)NC(=O)c1cc(C)nc2onc(C)c12. The molecule has 1 N–H and O–H groups in total. The fraction of sp³-hybridized carbons (Fsp3) is 0.375. The Hall–Kier alpha value is -2.70. The van der Waals surface area contributed by atoms with Crippen molar-refractivity contribution in [2.75, 3.05) is 0 Å². The first kappa shape index (κ1) is 15.2. The molecule has 0 aliphatic rings. The van der Waals surface area contributed by atoms with Crippen molar-refractivity contribution in [3.63, 3.8) is 0 Å². The highest BCUT2D eigenvalue weighted by Crippen LogP contribution is 2.22. The summed E-state index contributed by atoms with van der Waals surface area (Å²) in [6, 6.07) is 3.51. The summed E-state index contributed by atoms with van der Waals surface area (Å²) in [6.07, 6.45) is 1.74. The van der Waals surface area contributed by atoms with Crippen molar-refractivity contribution in [1.82, 2.24) is 25.2 Å². The Morgan fingerprint density at radius 1 is 1.43 bits per heavy atom. The second-order valence-electron chi connectivity index (χ2n) is 5.53. The zero-order chi connectivity index (χ0) is 16.6. The normalized spacial score (nSPS) is 12.5. The molecular weight excluding hydrogens is 294 g/mol. The van der Waals surface area contributed by atoms with Gasteiger partial charge in [0.2, 0.25) is 0 Å². The maximum Gasteiger partial charge on any atom is 0.258 e. The Kier molecular flexibility index (Phi) is 3.85. The topological polar surface area (TPSA) is 85.8 Å². The molecule has 0 bridgehead atoms. The van der Waals surface area contributed by atoms with E-state index >= 15 is 0 Å². The second-order valence-corrected chi connectivity index (χ2v) is 5.53. The lowest BCUT2D eigenvalue weighted by Crippen LogP contribution is -2.28. The van der Waals surface area contributed by atoms with E-state index in [2.05, 4.69) is 20.6 Å². The molecule has 1 amide bonds. The average molecular weight is 313 g/mol. The summed E-state index contributed by atoms with van der Waals surface area (Å²) in [5.41, 5.74) is 3.25. The van der Waals surface area contributed by atoms with Gasteiger partial charge in [-0.1, -0.05) is 5.16 Å². The molecule has 0 saturated carbocycles. The Balaban J connectivity index is 1.93. The maximum absolute atomic E-state index is 12.7. The van der Waals surface area contributed by atoms with Crippen LogP contribution >= 0.6 is 0 Å². The van der Waals surface area contributed by atoms with Crippen LogP contribution in [0.1, 0.15) is 47.3 Å². The number of carbonyl (C=O) groups excluding carboxylic acids is 1. The van der Waals surface area contributed by atoms with Gasteiger partial charge in [0.1, 0.15) is 0 Å². The minimum atomic E-state index is -0.178.